The van der Waals surface area contributed by atoms with E-state index in [2.05, 4.69) is 76.2 Å². The molecule has 0 amide bonds. The summed E-state index contributed by atoms with van der Waals surface area (Å²) < 4.78 is 0. The van der Waals surface area contributed by atoms with E-state index in [1.165, 1.54) is 0 Å². The highest BCUT2D eigenvalue weighted by Crippen LogP contribution is 2.20. The van der Waals surface area contributed by atoms with Crippen molar-refractivity contribution in [1.29, 1.82) is 0 Å². The first-order chi connectivity index (χ1) is 15.2. The number of aliphatic carboxylic acids is 1. The minimum absolute atomic E-state index is 0.104. The maximum absolute atomic E-state index is 11.9. The van der Waals surface area contributed by atoms with Crippen LogP contribution < -0.4 is 16.0 Å². The summed E-state index contributed by atoms with van der Waals surface area (Å²) in [6.07, 6.45) is 4.42. The smallest absolute Gasteiger partial charge is 0.317 e. The lowest BCUT2D eigenvalue weighted by atomic mass is 9.91. The molecule has 6 nitrogen and oxygen atoms in total. The van der Waals surface area contributed by atoms with Gasteiger partial charge in [-0.15, -0.1) is 0 Å². The monoisotopic (exact) mass is 454 g/mol. The molecule has 190 valence electrons. The predicted octanol–water partition coefficient (Wildman–Crippen LogP) is 3.81. The second-order valence-electron chi connectivity index (χ2n) is 10.5. The number of hydrogen-bond acceptors (Lipinski definition) is 5. The van der Waals surface area contributed by atoms with Crippen LogP contribution in [0.25, 0.3) is 0 Å². The van der Waals surface area contributed by atoms with Gasteiger partial charge >= 0.3 is 5.97 Å². The summed E-state index contributed by atoms with van der Waals surface area (Å²) in [5, 5.41) is 21.4. The number of carbonyl (C=O) groups is 1. The van der Waals surface area contributed by atoms with E-state index >= 15 is 0 Å². The summed E-state index contributed by atoms with van der Waals surface area (Å²) in [6.45, 7) is 21.8. The fourth-order valence-corrected chi connectivity index (χ4v) is 4.78. The second-order valence-corrected chi connectivity index (χ2v) is 10.5. The Hall–Kier alpha value is -0.690. The fourth-order valence-electron chi connectivity index (χ4n) is 4.78. The van der Waals surface area contributed by atoms with E-state index in [4.69, 9.17) is 0 Å². The molecule has 0 bridgehead atoms. The van der Waals surface area contributed by atoms with Gasteiger partial charge < -0.3 is 21.1 Å². The van der Waals surface area contributed by atoms with Crippen molar-refractivity contribution < 1.29 is 9.90 Å². The zero-order chi connectivity index (χ0) is 24.3. The molecule has 1 heterocycles. The first-order valence-electron chi connectivity index (χ1n) is 13.3. The molecule has 1 rings (SSSR count). The number of nitrogens with one attached hydrogen (secondary N) is 3. The zero-order valence-corrected chi connectivity index (χ0v) is 22.3. The number of hydrogen-bond donors (Lipinski definition) is 4. The van der Waals surface area contributed by atoms with Crippen LogP contribution in [0.1, 0.15) is 81.1 Å². The Kier molecular flexibility index (Phi) is 14.0. The summed E-state index contributed by atoms with van der Waals surface area (Å²) in [5.41, 5.74) is 0. The minimum atomic E-state index is -0.731. The fraction of sp³-hybridized carbons (Fsp3) is 0.962. The highest BCUT2D eigenvalue weighted by Gasteiger charge is 2.31. The van der Waals surface area contributed by atoms with Gasteiger partial charge in [0.25, 0.3) is 0 Å². The first kappa shape index (κ1) is 29.3. The minimum Gasteiger partial charge on any atom is -0.480 e. The third-order valence-electron chi connectivity index (χ3n) is 8.32. The zero-order valence-electron chi connectivity index (χ0n) is 22.3. The van der Waals surface area contributed by atoms with Crippen LogP contribution in [0, 0.1) is 23.7 Å². The summed E-state index contributed by atoms with van der Waals surface area (Å²) in [5.74, 6) is 1.34. The first-order valence-corrected chi connectivity index (χ1v) is 13.3. The van der Waals surface area contributed by atoms with Gasteiger partial charge in [0.05, 0.1) is 6.54 Å². The van der Waals surface area contributed by atoms with E-state index < -0.39 is 5.97 Å². The van der Waals surface area contributed by atoms with Crippen LogP contribution in [-0.2, 0) is 4.79 Å². The van der Waals surface area contributed by atoms with Crippen LogP contribution >= 0.6 is 0 Å². The topological polar surface area (TPSA) is 76.6 Å². The van der Waals surface area contributed by atoms with Crippen LogP contribution in [0.15, 0.2) is 0 Å². The lowest BCUT2D eigenvalue weighted by molar-refractivity contribution is -0.139. The Morgan fingerprint density at radius 1 is 0.750 bits per heavy atom. The molecule has 1 fully saturated rings. The Morgan fingerprint density at radius 3 is 1.59 bits per heavy atom. The summed E-state index contributed by atoms with van der Waals surface area (Å²) in [7, 11) is 0. The van der Waals surface area contributed by atoms with E-state index in [9.17, 15) is 9.90 Å². The van der Waals surface area contributed by atoms with E-state index in [1.54, 1.807) is 0 Å². The molecule has 1 aliphatic rings. The third-order valence-corrected chi connectivity index (χ3v) is 8.32. The van der Waals surface area contributed by atoms with E-state index in [0.717, 1.165) is 51.9 Å². The van der Waals surface area contributed by atoms with Crippen molar-refractivity contribution in [2.24, 2.45) is 23.7 Å². The molecule has 0 radical (unpaired) electrons. The molecule has 32 heavy (non-hydrogen) atoms. The molecule has 4 N–H and O–H groups in total. The molecule has 0 saturated carbocycles. The van der Waals surface area contributed by atoms with Crippen LogP contribution in [-0.4, -0.2) is 72.9 Å². The molecule has 1 aliphatic heterocycles. The van der Waals surface area contributed by atoms with Gasteiger partial charge in [0.2, 0.25) is 0 Å². The van der Waals surface area contributed by atoms with Gasteiger partial charge in [0.15, 0.2) is 0 Å². The molecule has 0 aliphatic carbocycles. The van der Waals surface area contributed by atoms with Crippen molar-refractivity contribution in [1.82, 2.24) is 20.9 Å². The lowest BCUT2D eigenvalue weighted by Crippen LogP contribution is -2.59. The molecule has 0 aromatic rings. The van der Waals surface area contributed by atoms with Crippen molar-refractivity contribution in [3.63, 3.8) is 0 Å². The van der Waals surface area contributed by atoms with Gasteiger partial charge in [-0.25, -0.2) is 0 Å². The Bertz CT molecular complexity index is 518. The highest BCUT2D eigenvalue weighted by molar-refractivity contribution is 5.69. The molecule has 1 saturated heterocycles. The van der Waals surface area contributed by atoms with Crippen LogP contribution in [0.4, 0.5) is 0 Å². The highest BCUT2D eigenvalue weighted by atomic mass is 16.4. The molecule has 0 aromatic heterocycles. The van der Waals surface area contributed by atoms with E-state index in [0.29, 0.717) is 35.8 Å². The van der Waals surface area contributed by atoms with Crippen molar-refractivity contribution >= 4 is 5.97 Å². The van der Waals surface area contributed by atoms with Crippen LogP contribution in [0.5, 0.6) is 0 Å². The lowest BCUT2D eigenvalue weighted by Gasteiger charge is -2.41. The molecular formula is C26H54N4O2. The maximum atomic E-state index is 11.9. The molecule has 4 unspecified atom stereocenters. The SMILES string of the molecule is CCC(C)[C@H]1CN[C@@H](C(C)CC)CN[C@@H](C(C)CC)CN[C@@H](C(C)CC)CN1CC(=O)O. The van der Waals surface area contributed by atoms with Gasteiger partial charge in [-0.3, -0.25) is 9.69 Å². The van der Waals surface area contributed by atoms with Crippen molar-refractivity contribution in [2.45, 2.75) is 105 Å². The van der Waals surface area contributed by atoms with Gasteiger partial charge in [0.1, 0.15) is 0 Å². The summed E-state index contributed by atoms with van der Waals surface area (Å²) >= 11 is 0. The van der Waals surface area contributed by atoms with Gasteiger partial charge in [-0.05, 0) is 23.7 Å². The number of rotatable bonds is 10. The predicted molar refractivity (Wildman–Crippen MR) is 136 cm³/mol. The average molecular weight is 455 g/mol. The van der Waals surface area contributed by atoms with Gasteiger partial charge in [-0.2, -0.15) is 0 Å². The molecule has 6 heteroatoms. The molecule has 0 aromatic carbocycles. The van der Waals surface area contributed by atoms with E-state index in [-0.39, 0.29) is 18.6 Å². The Morgan fingerprint density at radius 2 is 1.16 bits per heavy atom. The quantitative estimate of drug-likeness (QED) is 0.402. The molecular weight excluding hydrogens is 400 g/mol. The van der Waals surface area contributed by atoms with Crippen LogP contribution in [0.2, 0.25) is 0 Å². The largest absolute Gasteiger partial charge is 0.480 e. The van der Waals surface area contributed by atoms with Crippen molar-refractivity contribution in [3.05, 3.63) is 0 Å². The number of carboxylic acids is 1. The Balaban J connectivity index is 3.28. The Labute approximate surface area is 198 Å². The van der Waals surface area contributed by atoms with Gasteiger partial charge in [0, 0.05) is 50.3 Å². The summed E-state index contributed by atoms with van der Waals surface area (Å²) in [6, 6.07) is 1.29. The standard InChI is InChI=1S/C26H54N4O2/c1-9-18(5)22-14-28-24(20(7)11-3)16-30(17-26(31)32)25(21(8)12-4)15-29-23(13-27-22)19(6)10-2/h18-25,27-29H,9-17H2,1-8H3,(H,31,32)/t18?,19?,20?,21?,22-,23-,24-,25-/m1/s1. The van der Waals surface area contributed by atoms with E-state index in [1.807, 2.05) is 0 Å². The molecule has 0 spiro atoms. The molecule has 8 atom stereocenters. The average Bonchev–Trinajstić information content (AvgIpc) is 2.78. The maximum Gasteiger partial charge on any atom is 0.317 e. The second kappa shape index (κ2) is 15.3. The third kappa shape index (κ3) is 9.28. The normalized spacial score (nSPS) is 30.5. The van der Waals surface area contributed by atoms with Crippen molar-refractivity contribution in [3.8, 4) is 0 Å². The van der Waals surface area contributed by atoms with Gasteiger partial charge in [-0.1, -0.05) is 81.1 Å². The summed E-state index contributed by atoms with van der Waals surface area (Å²) in [4.78, 5) is 14.1. The number of nitrogens with zero attached hydrogens (tertiary/aromatic N) is 1. The van der Waals surface area contributed by atoms with Crippen LogP contribution in [0.3, 0.4) is 0 Å². The van der Waals surface area contributed by atoms with Crippen molar-refractivity contribution in [2.75, 3.05) is 32.7 Å². The number of carboxylic acid groups (broad SMARTS) is 1.